The third-order valence-electron chi connectivity index (χ3n) is 12.0. The molecule has 0 rings (SSSR count). The standard InChI is InChI=1S/C59H104O6/c1-4-7-10-13-16-19-22-24-26-28-29-31-32-34-37-40-43-46-49-52-58(61)64-55-56(54-63-57(60)51-48-45-42-39-36-21-18-15-12-9-6-3)65-59(62)53-50-47-44-41-38-35-33-30-27-25-23-20-17-14-11-8-5-2/h17,20,25,27-29,33,35,41,44,56H,4-16,18-19,21-24,26,30-32,34,36-40,42-43,45-55H2,1-3H3/b20-17-,27-25-,29-28-,35-33-,44-41-/t56-/m1/s1. The van der Waals surface area contributed by atoms with Crippen molar-refractivity contribution in [2.45, 2.75) is 284 Å². The van der Waals surface area contributed by atoms with E-state index in [0.29, 0.717) is 19.3 Å². The molecule has 0 spiro atoms. The fraction of sp³-hybridized carbons (Fsp3) is 0.780. The molecule has 0 fully saturated rings. The van der Waals surface area contributed by atoms with Crippen molar-refractivity contribution in [3.05, 3.63) is 60.8 Å². The van der Waals surface area contributed by atoms with Crippen LogP contribution in [0.2, 0.25) is 0 Å². The third kappa shape index (κ3) is 51.9. The Morgan fingerprint density at radius 2 is 0.569 bits per heavy atom. The number of hydrogen-bond acceptors (Lipinski definition) is 6. The van der Waals surface area contributed by atoms with Crippen LogP contribution in [0.25, 0.3) is 0 Å². The predicted octanol–water partition coefficient (Wildman–Crippen LogP) is 18.4. The zero-order valence-electron chi connectivity index (χ0n) is 43.0. The van der Waals surface area contributed by atoms with Gasteiger partial charge in [-0.15, -0.1) is 0 Å². The molecule has 0 amide bonds. The highest BCUT2D eigenvalue weighted by Gasteiger charge is 2.19. The van der Waals surface area contributed by atoms with E-state index in [4.69, 9.17) is 14.2 Å². The van der Waals surface area contributed by atoms with Crippen LogP contribution in [-0.4, -0.2) is 37.2 Å². The number of unbranched alkanes of at least 4 members (excludes halogenated alkanes) is 29. The largest absolute Gasteiger partial charge is 0.462 e. The van der Waals surface area contributed by atoms with Gasteiger partial charge in [-0.3, -0.25) is 14.4 Å². The molecule has 0 N–H and O–H groups in total. The zero-order valence-corrected chi connectivity index (χ0v) is 43.0. The average Bonchev–Trinajstić information content (AvgIpc) is 3.30. The van der Waals surface area contributed by atoms with Crippen LogP contribution in [-0.2, 0) is 28.6 Å². The summed E-state index contributed by atoms with van der Waals surface area (Å²) in [4.78, 5) is 38.0. The van der Waals surface area contributed by atoms with Gasteiger partial charge in [-0.05, 0) is 83.5 Å². The summed E-state index contributed by atoms with van der Waals surface area (Å²) in [6, 6.07) is 0. The first-order valence-electron chi connectivity index (χ1n) is 27.8. The Morgan fingerprint density at radius 3 is 0.954 bits per heavy atom. The van der Waals surface area contributed by atoms with Crippen LogP contribution in [0, 0.1) is 0 Å². The van der Waals surface area contributed by atoms with E-state index in [-0.39, 0.29) is 37.5 Å². The lowest BCUT2D eigenvalue weighted by molar-refractivity contribution is -0.167. The fourth-order valence-corrected chi connectivity index (χ4v) is 7.78. The Balaban J connectivity index is 4.41. The van der Waals surface area contributed by atoms with Gasteiger partial charge in [0.25, 0.3) is 0 Å². The smallest absolute Gasteiger partial charge is 0.306 e. The predicted molar refractivity (Wildman–Crippen MR) is 279 cm³/mol. The SMILES string of the molecule is CCCCC/C=C\C/C=C\C/C=C\C/C=C\CCCC(=O)O[C@@H](COC(=O)CCCCCCCCC/C=C\CCCCCCCCCC)COC(=O)CCCCCCCCCCCCC. The first kappa shape index (κ1) is 62.1. The molecule has 0 radical (unpaired) electrons. The van der Waals surface area contributed by atoms with Crippen LogP contribution >= 0.6 is 0 Å². The summed E-state index contributed by atoms with van der Waals surface area (Å²) in [6.45, 7) is 6.57. The number of allylic oxidation sites excluding steroid dienone is 10. The van der Waals surface area contributed by atoms with E-state index in [0.717, 1.165) is 64.2 Å². The highest BCUT2D eigenvalue weighted by Crippen LogP contribution is 2.15. The quantitative estimate of drug-likeness (QED) is 0.0262. The van der Waals surface area contributed by atoms with E-state index in [9.17, 15) is 14.4 Å². The van der Waals surface area contributed by atoms with E-state index < -0.39 is 6.10 Å². The van der Waals surface area contributed by atoms with Gasteiger partial charge < -0.3 is 14.2 Å². The number of carbonyl (C=O) groups excluding carboxylic acids is 3. The van der Waals surface area contributed by atoms with Gasteiger partial charge in [-0.25, -0.2) is 0 Å². The maximum Gasteiger partial charge on any atom is 0.306 e. The van der Waals surface area contributed by atoms with Gasteiger partial charge in [-0.2, -0.15) is 0 Å². The zero-order chi connectivity index (χ0) is 47.2. The second-order valence-electron chi connectivity index (χ2n) is 18.5. The van der Waals surface area contributed by atoms with E-state index in [1.807, 2.05) is 0 Å². The van der Waals surface area contributed by atoms with E-state index in [1.54, 1.807) is 0 Å². The summed E-state index contributed by atoms with van der Waals surface area (Å²) >= 11 is 0. The van der Waals surface area contributed by atoms with E-state index in [2.05, 4.69) is 81.5 Å². The van der Waals surface area contributed by atoms with Gasteiger partial charge in [0.2, 0.25) is 0 Å². The Hall–Kier alpha value is -2.89. The molecule has 6 heteroatoms. The molecule has 1 atom stereocenters. The summed E-state index contributed by atoms with van der Waals surface area (Å²) in [7, 11) is 0. The third-order valence-corrected chi connectivity index (χ3v) is 12.0. The Kier molecular flexibility index (Phi) is 51.3. The fourth-order valence-electron chi connectivity index (χ4n) is 7.78. The molecular weight excluding hydrogens is 805 g/mol. The van der Waals surface area contributed by atoms with E-state index >= 15 is 0 Å². The molecule has 376 valence electrons. The lowest BCUT2D eigenvalue weighted by Gasteiger charge is -2.18. The molecule has 0 aromatic rings. The Bertz CT molecular complexity index is 1180. The van der Waals surface area contributed by atoms with Crippen LogP contribution in [0.3, 0.4) is 0 Å². The first-order chi connectivity index (χ1) is 32.0. The van der Waals surface area contributed by atoms with Crippen molar-refractivity contribution < 1.29 is 28.6 Å². The van der Waals surface area contributed by atoms with Crippen LogP contribution < -0.4 is 0 Å². The molecule has 0 aromatic heterocycles. The Labute approximate surface area is 402 Å². The molecule has 0 unspecified atom stereocenters. The molecule has 0 aliphatic heterocycles. The van der Waals surface area contributed by atoms with Crippen LogP contribution in [0.5, 0.6) is 0 Å². The molecule has 0 aliphatic carbocycles. The molecule has 0 aromatic carbocycles. The normalized spacial score (nSPS) is 12.5. The van der Waals surface area contributed by atoms with Gasteiger partial charge in [-0.1, -0.05) is 236 Å². The molecule has 65 heavy (non-hydrogen) atoms. The van der Waals surface area contributed by atoms with Crippen molar-refractivity contribution in [1.82, 2.24) is 0 Å². The number of esters is 3. The maximum absolute atomic E-state index is 12.8. The molecule has 0 aliphatic rings. The summed E-state index contributed by atoms with van der Waals surface area (Å²) in [6.07, 6.45) is 66.4. The van der Waals surface area contributed by atoms with Crippen molar-refractivity contribution in [2.24, 2.45) is 0 Å². The summed E-state index contributed by atoms with van der Waals surface area (Å²) in [5.41, 5.74) is 0. The average molecular weight is 909 g/mol. The number of hydrogen-bond donors (Lipinski definition) is 0. The number of rotatable bonds is 50. The van der Waals surface area contributed by atoms with Crippen molar-refractivity contribution in [2.75, 3.05) is 13.2 Å². The van der Waals surface area contributed by atoms with Gasteiger partial charge in [0.05, 0.1) is 0 Å². The minimum absolute atomic E-state index is 0.0951. The van der Waals surface area contributed by atoms with Crippen LogP contribution in [0.1, 0.15) is 278 Å². The molecule has 0 saturated heterocycles. The van der Waals surface area contributed by atoms with Crippen molar-refractivity contribution >= 4 is 17.9 Å². The molecule has 6 nitrogen and oxygen atoms in total. The number of carbonyl (C=O) groups is 3. The van der Waals surface area contributed by atoms with Crippen LogP contribution in [0.4, 0.5) is 0 Å². The second-order valence-corrected chi connectivity index (χ2v) is 18.5. The van der Waals surface area contributed by atoms with Gasteiger partial charge in [0, 0.05) is 19.3 Å². The van der Waals surface area contributed by atoms with Gasteiger partial charge >= 0.3 is 17.9 Å². The van der Waals surface area contributed by atoms with Gasteiger partial charge in [0.15, 0.2) is 6.10 Å². The summed E-state index contributed by atoms with van der Waals surface area (Å²) < 4.78 is 16.8. The first-order valence-corrected chi connectivity index (χ1v) is 27.8. The minimum Gasteiger partial charge on any atom is -0.462 e. The Morgan fingerprint density at radius 1 is 0.308 bits per heavy atom. The lowest BCUT2D eigenvalue weighted by atomic mass is 10.1. The van der Waals surface area contributed by atoms with Crippen LogP contribution in [0.15, 0.2) is 60.8 Å². The summed E-state index contributed by atoms with van der Waals surface area (Å²) in [5.74, 6) is -0.949. The molecule has 0 heterocycles. The second kappa shape index (κ2) is 53.7. The van der Waals surface area contributed by atoms with Gasteiger partial charge in [0.1, 0.15) is 13.2 Å². The van der Waals surface area contributed by atoms with Crippen molar-refractivity contribution in [3.8, 4) is 0 Å². The highest BCUT2D eigenvalue weighted by atomic mass is 16.6. The number of ether oxygens (including phenoxy) is 3. The highest BCUT2D eigenvalue weighted by molar-refractivity contribution is 5.71. The molecule has 0 saturated carbocycles. The van der Waals surface area contributed by atoms with Crippen molar-refractivity contribution in [1.29, 1.82) is 0 Å². The summed E-state index contributed by atoms with van der Waals surface area (Å²) in [5, 5.41) is 0. The van der Waals surface area contributed by atoms with E-state index in [1.165, 1.54) is 167 Å². The van der Waals surface area contributed by atoms with Crippen molar-refractivity contribution in [3.63, 3.8) is 0 Å². The lowest BCUT2D eigenvalue weighted by Crippen LogP contribution is -2.30. The topological polar surface area (TPSA) is 78.9 Å². The molecule has 0 bridgehead atoms. The minimum atomic E-state index is -0.802. The monoisotopic (exact) mass is 909 g/mol. The maximum atomic E-state index is 12.8. The molecular formula is C59H104O6.